The molecule has 0 fully saturated rings. The van der Waals surface area contributed by atoms with Crippen molar-refractivity contribution in [3.8, 4) is 16.9 Å². The monoisotopic (exact) mass is 496 g/mol. The topological polar surface area (TPSA) is 108 Å². The van der Waals surface area contributed by atoms with Gasteiger partial charge in [-0.05, 0) is 48.6 Å². The van der Waals surface area contributed by atoms with E-state index in [9.17, 15) is 19.7 Å². The Morgan fingerprint density at radius 3 is 2.34 bits per heavy atom. The molecule has 1 N–H and O–H groups in total. The van der Waals surface area contributed by atoms with Gasteiger partial charge in [-0.15, -0.1) is 11.3 Å². The summed E-state index contributed by atoms with van der Waals surface area (Å²) in [5, 5.41) is 14.1. The molecule has 1 heterocycles. The van der Waals surface area contributed by atoms with Gasteiger partial charge in [0.05, 0.1) is 11.5 Å². The smallest absolute Gasteiger partial charge is 0.341 e. The van der Waals surface area contributed by atoms with E-state index in [1.807, 2.05) is 31.2 Å². The maximum atomic E-state index is 12.9. The lowest BCUT2D eigenvalue weighted by atomic mass is 9.86. The number of nitrogens with one attached hydrogen (secondary N) is 1. The predicted molar refractivity (Wildman–Crippen MR) is 136 cm³/mol. The summed E-state index contributed by atoms with van der Waals surface area (Å²) in [7, 11) is 0. The minimum Gasteiger partial charge on any atom is -0.483 e. The standard InChI is InChI=1S/C26H28N2O6S/c1-6-33-25(30)23-22(17-11-13-18(14-12-17)28(31)32)16(2)35-24(23)27-21(29)15-34-20-10-8-7-9-19(20)26(3,4)5/h7-14H,6,15H2,1-5H3,(H,27,29). The summed E-state index contributed by atoms with van der Waals surface area (Å²) in [6.45, 7) is 9.63. The number of nitro benzene ring substituents is 1. The molecule has 0 atom stereocenters. The van der Waals surface area contributed by atoms with Gasteiger partial charge < -0.3 is 14.8 Å². The molecule has 0 aliphatic rings. The number of nitro groups is 1. The zero-order chi connectivity index (χ0) is 25.8. The van der Waals surface area contributed by atoms with Crippen molar-refractivity contribution < 1.29 is 24.0 Å². The summed E-state index contributed by atoms with van der Waals surface area (Å²) in [6, 6.07) is 13.5. The zero-order valence-corrected chi connectivity index (χ0v) is 21.2. The van der Waals surface area contributed by atoms with E-state index in [1.165, 1.54) is 23.5 Å². The number of esters is 1. The highest BCUT2D eigenvalue weighted by molar-refractivity contribution is 7.17. The highest BCUT2D eigenvalue weighted by Crippen LogP contribution is 2.41. The van der Waals surface area contributed by atoms with E-state index in [4.69, 9.17) is 9.47 Å². The molecule has 35 heavy (non-hydrogen) atoms. The van der Waals surface area contributed by atoms with Crippen LogP contribution in [0.5, 0.6) is 5.75 Å². The number of nitrogens with zero attached hydrogens (tertiary/aromatic N) is 1. The molecule has 0 bridgehead atoms. The van der Waals surface area contributed by atoms with Crippen molar-refractivity contribution in [1.82, 2.24) is 0 Å². The molecule has 0 aliphatic heterocycles. The van der Waals surface area contributed by atoms with Gasteiger partial charge in [-0.2, -0.15) is 0 Å². The Morgan fingerprint density at radius 1 is 1.09 bits per heavy atom. The highest BCUT2D eigenvalue weighted by atomic mass is 32.1. The lowest BCUT2D eigenvalue weighted by molar-refractivity contribution is -0.384. The fourth-order valence-electron chi connectivity index (χ4n) is 3.65. The third-order valence-corrected chi connectivity index (χ3v) is 6.26. The number of carbonyl (C=O) groups excluding carboxylic acids is 2. The normalized spacial score (nSPS) is 11.1. The summed E-state index contributed by atoms with van der Waals surface area (Å²) in [6.07, 6.45) is 0. The first-order chi connectivity index (χ1) is 16.5. The van der Waals surface area contributed by atoms with Crippen molar-refractivity contribution in [3.05, 3.63) is 74.6 Å². The van der Waals surface area contributed by atoms with Gasteiger partial charge in [-0.25, -0.2) is 4.79 Å². The van der Waals surface area contributed by atoms with Crippen molar-refractivity contribution in [1.29, 1.82) is 0 Å². The van der Waals surface area contributed by atoms with Crippen molar-refractivity contribution in [2.45, 2.75) is 40.0 Å². The number of rotatable bonds is 8. The van der Waals surface area contributed by atoms with E-state index in [2.05, 4.69) is 26.1 Å². The van der Waals surface area contributed by atoms with Crippen LogP contribution in [-0.4, -0.2) is 30.0 Å². The van der Waals surface area contributed by atoms with Gasteiger partial charge in [0, 0.05) is 22.6 Å². The number of non-ortho nitro benzene ring substituents is 1. The van der Waals surface area contributed by atoms with E-state index >= 15 is 0 Å². The number of hydrogen-bond donors (Lipinski definition) is 1. The van der Waals surface area contributed by atoms with Gasteiger partial charge in [-0.1, -0.05) is 39.0 Å². The number of ether oxygens (including phenoxy) is 2. The Labute approximate surface area is 208 Å². The summed E-state index contributed by atoms with van der Waals surface area (Å²) in [5.74, 6) is -0.384. The molecule has 3 rings (SSSR count). The third kappa shape index (κ3) is 6.05. The van der Waals surface area contributed by atoms with E-state index < -0.39 is 16.8 Å². The van der Waals surface area contributed by atoms with Gasteiger partial charge in [0.25, 0.3) is 11.6 Å². The summed E-state index contributed by atoms with van der Waals surface area (Å²) < 4.78 is 11.1. The fraction of sp³-hybridized carbons (Fsp3) is 0.308. The van der Waals surface area contributed by atoms with Gasteiger partial charge in [-0.3, -0.25) is 14.9 Å². The SMILES string of the molecule is CCOC(=O)c1c(NC(=O)COc2ccccc2C(C)(C)C)sc(C)c1-c1ccc([N+](=O)[O-])cc1. The van der Waals surface area contributed by atoms with Gasteiger partial charge >= 0.3 is 5.97 Å². The first kappa shape index (κ1) is 25.9. The van der Waals surface area contributed by atoms with E-state index in [1.54, 1.807) is 19.1 Å². The molecular formula is C26H28N2O6S. The number of hydrogen-bond acceptors (Lipinski definition) is 7. The third-order valence-electron chi connectivity index (χ3n) is 5.24. The van der Waals surface area contributed by atoms with Crippen molar-refractivity contribution in [2.75, 3.05) is 18.5 Å². The van der Waals surface area contributed by atoms with Gasteiger partial charge in [0.2, 0.25) is 0 Å². The van der Waals surface area contributed by atoms with E-state index in [-0.39, 0.29) is 29.9 Å². The lowest BCUT2D eigenvalue weighted by Gasteiger charge is -2.22. The number of para-hydroxylation sites is 1. The quantitative estimate of drug-likeness (QED) is 0.229. The minimum absolute atomic E-state index is 0.0551. The molecule has 0 aliphatic carbocycles. The number of amides is 1. The van der Waals surface area contributed by atoms with Gasteiger partial charge in [0.1, 0.15) is 16.3 Å². The number of benzene rings is 2. The Balaban J connectivity index is 1.88. The number of aryl methyl sites for hydroxylation is 1. The van der Waals surface area contributed by atoms with Crippen LogP contribution >= 0.6 is 11.3 Å². The van der Waals surface area contributed by atoms with Crippen LogP contribution in [0.25, 0.3) is 11.1 Å². The molecule has 9 heteroatoms. The maximum Gasteiger partial charge on any atom is 0.341 e. The zero-order valence-electron chi connectivity index (χ0n) is 20.3. The second-order valence-electron chi connectivity index (χ2n) is 8.84. The second-order valence-corrected chi connectivity index (χ2v) is 10.1. The minimum atomic E-state index is -0.584. The average molecular weight is 497 g/mol. The molecule has 0 radical (unpaired) electrons. The van der Waals surface area contributed by atoms with Crippen LogP contribution in [-0.2, 0) is 14.9 Å². The highest BCUT2D eigenvalue weighted by Gasteiger charge is 2.26. The van der Waals surface area contributed by atoms with Crippen molar-refractivity contribution in [3.63, 3.8) is 0 Å². The first-order valence-electron chi connectivity index (χ1n) is 11.1. The van der Waals surface area contributed by atoms with E-state index in [0.29, 0.717) is 21.9 Å². The number of thiophene rings is 1. The summed E-state index contributed by atoms with van der Waals surface area (Å²) in [4.78, 5) is 36.9. The molecule has 2 aromatic carbocycles. The Bertz CT molecular complexity index is 1240. The molecule has 3 aromatic rings. The fourth-order valence-corrected chi connectivity index (χ4v) is 4.73. The first-order valence-corrected chi connectivity index (χ1v) is 11.9. The van der Waals surface area contributed by atoms with Crippen molar-refractivity contribution in [2.24, 2.45) is 0 Å². The molecule has 0 saturated carbocycles. The van der Waals surface area contributed by atoms with Crippen molar-refractivity contribution >= 4 is 33.9 Å². The summed E-state index contributed by atoms with van der Waals surface area (Å²) in [5.41, 5.74) is 2.16. The van der Waals surface area contributed by atoms with Crippen LogP contribution in [0.15, 0.2) is 48.5 Å². The summed E-state index contributed by atoms with van der Waals surface area (Å²) >= 11 is 1.24. The number of carbonyl (C=O) groups is 2. The molecule has 8 nitrogen and oxygen atoms in total. The van der Waals surface area contributed by atoms with Crippen LogP contribution in [0.1, 0.15) is 48.5 Å². The molecule has 0 unspecified atom stereocenters. The van der Waals surface area contributed by atoms with Crippen LogP contribution < -0.4 is 10.1 Å². The predicted octanol–water partition coefficient (Wildman–Crippen LogP) is 6.12. The largest absolute Gasteiger partial charge is 0.483 e. The van der Waals surface area contributed by atoms with Crippen LogP contribution in [0.3, 0.4) is 0 Å². The Kier molecular flexibility index (Phi) is 7.91. The van der Waals surface area contributed by atoms with Crippen LogP contribution in [0.2, 0.25) is 0 Å². The lowest BCUT2D eigenvalue weighted by Crippen LogP contribution is -2.22. The molecule has 0 spiro atoms. The van der Waals surface area contributed by atoms with Crippen LogP contribution in [0, 0.1) is 17.0 Å². The maximum absolute atomic E-state index is 12.9. The Morgan fingerprint density at radius 2 is 1.74 bits per heavy atom. The molecule has 1 aromatic heterocycles. The van der Waals surface area contributed by atoms with Crippen LogP contribution in [0.4, 0.5) is 10.7 Å². The average Bonchev–Trinajstić information content (AvgIpc) is 3.12. The number of anilines is 1. The molecule has 0 saturated heterocycles. The Hall–Kier alpha value is -3.72. The molecule has 184 valence electrons. The molecule has 1 amide bonds. The van der Waals surface area contributed by atoms with E-state index in [0.717, 1.165) is 10.4 Å². The second kappa shape index (κ2) is 10.7. The molecular weight excluding hydrogens is 468 g/mol. The van der Waals surface area contributed by atoms with Gasteiger partial charge in [0.15, 0.2) is 6.61 Å².